The van der Waals surface area contributed by atoms with Crippen LogP contribution in [0.15, 0.2) is 24.3 Å². The van der Waals surface area contributed by atoms with E-state index in [4.69, 9.17) is 0 Å². The summed E-state index contributed by atoms with van der Waals surface area (Å²) in [5.41, 5.74) is 2.15. The number of hydrogen-bond acceptors (Lipinski definition) is 3. The number of carbonyl (C=O) groups is 1. The van der Waals surface area contributed by atoms with Crippen molar-refractivity contribution >= 4 is 5.78 Å². The van der Waals surface area contributed by atoms with E-state index in [0.717, 1.165) is 11.1 Å². The Labute approximate surface area is 93.0 Å². The molecule has 2 aliphatic rings. The lowest BCUT2D eigenvalue weighted by Crippen LogP contribution is -3.10. The number of hydroxylamine groups is 2. The van der Waals surface area contributed by atoms with Crippen LogP contribution in [0.3, 0.4) is 0 Å². The molecule has 1 aromatic rings. The Balaban J connectivity index is 2.11. The van der Waals surface area contributed by atoms with Crippen LogP contribution >= 0.6 is 0 Å². The van der Waals surface area contributed by atoms with E-state index in [1.807, 2.05) is 24.3 Å². The first kappa shape index (κ1) is 9.96. The van der Waals surface area contributed by atoms with Crippen LogP contribution in [0.1, 0.15) is 35.8 Å². The highest BCUT2D eigenvalue weighted by Crippen LogP contribution is 2.48. The van der Waals surface area contributed by atoms with Gasteiger partial charge in [0.1, 0.15) is 11.8 Å². The maximum absolute atomic E-state index is 11.6. The maximum atomic E-state index is 11.6. The average Bonchev–Trinajstić information content (AvgIpc) is 2.47. The Kier molecular flexibility index (Phi) is 2.10. The number of Topliss-reactive ketones (excluding diaryl/α,β-unsaturated/α-hetero) is 1. The third-order valence-corrected chi connectivity index (χ3v) is 3.84. The molecule has 4 nitrogen and oxygen atoms in total. The summed E-state index contributed by atoms with van der Waals surface area (Å²) in [6.07, 6.45) is 0.787. The first-order valence-corrected chi connectivity index (χ1v) is 5.52. The molecule has 0 aliphatic heterocycles. The van der Waals surface area contributed by atoms with E-state index in [1.165, 1.54) is 0 Å². The van der Waals surface area contributed by atoms with Gasteiger partial charge in [0.25, 0.3) is 0 Å². The molecular weight excluding hydrogens is 206 g/mol. The standard InChI is InChI=1S/C12H13NO3/c14-7-5-10-8-3-1-2-4-9(8)11(6-7)12(10)13(15)16/h1-4,10-13,15H,5-6H2. The minimum Gasteiger partial charge on any atom is -0.600 e. The van der Waals surface area contributed by atoms with Gasteiger partial charge in [0, 0.05) is 24.7 Å². The second-order valence-electron chi connectivity index (χ2n) is 4.65. The summed E-state index contributed by atoms with van der Waals surface area (Å²) in [5.74, 6) is 0.00333. The van der Waals surface area contributed by atoms with Gasteiger partial charge in [-0.15, -0.1) is 0 Å². The van der Waals surface area contributed by atoms with Crippen molar-refractivity contribution in [2.24, 2.45) is 0 Å². The molecule has 0 amide bonds. The minimum absolute atomic E-state index is 0.0973. The quantitative estimate of drug-likeness (QED) is 0.671. The summed E-state index contributed by atoms with van der Waals surface area (Å²) in [6, 6.07) is 7.38. The second kappa shape index (κ2) is 3.38. The van der Waals surface area contributed by atoms with Crippen molar-refractivity contribution in [1.82, 2.24) is 0 Å². The Bertz CT molecular complexity index is 409. The normalized spacial score (nSPS) is 33.6. The van der Waals surface area contributed by atoms with Crippen molar-refractivity contribution in [2.75, 3.05) is 0 Å². The van der Waals surface area contributed by atoms with Gasteiger partial charge in [-0.05, 0) is 11.1 Å². The largest absolute Gasteiger partial charge is 0.600 e. The molecule has 3 unspecified atom stereocenters. The summed E-state index contributed by atoms with van der Waals surface area (Å²) in [7, 11) is 0. The number of ketones is 1. The van der Waals surface area contributed by atoms with Gasteiger partial charge in [-0.3, -0.25) is 4.79 Å². The van der Waals surface area contributed by atoms with E-state index >= 15 is 0 Å². The van der Waals surface area contributed by atoms with Crippen LogP contribution in [-0.4, -0.2) is 17.0 Å². The topological polar surface area (TPSA) is 64.8 Å². The van der Waals surface area contributed by atoms with Crippen molar-refractivity contribution in [3.05, 3.63) is 40.6 Å². The molecular formula is C12H13NO3. The van der Waals surface area contributed by atoms with E-state index in [2.05, 4.69) is 0 Å². The smallest absolute Gasteiger partial charge is 0.134 e. The highest BCUT2D eigenvalue weighted by molar-refractivity contribution is 5.83. The van der Waals surface area contributed by atoms with Crippen LogP contribution < -0.4 is 5.23 Å². The fourth-order valence-electron chi connectivity index (χ4n) is 3.25. The van der Waals surface area contributed by atoms with Crippen molar-refractivity contribution in [3.63, 3.8) is 0 Å². The van der Waals surface area contributed by atoms with E-state index < -0.39 is 11.3 Å². The molecule has 0 heterocycles. The van der Waals surface area contributed by atoms with Crippen LogP contribution in [0.2, 0.25) is 0 Å². The minimum atomic E-state index is -0.765. The fraction of sp³-hybridized carbons (Fsp3) is 0.417. The average molecular weight is 219 g/mol. The summed E-state index contributed by atoms with van der Waals surface area (Å²) in [5, 5.41) is 19.8. The molecule has 4 heteroatoms. The third kappa shape index (κ3) is 1.24. The molecule has 3 rings (SSSR count). The van der Waals surface area contributed by atoms with Gasteiger partial charge in [0.15, 0.2) is 0 Å². The van der Waals surface area contributed by atoms with Crippen molar-refractivity contribution in [2.45, 2.75) is 30.7 Å². The van der Waals surface area contributed by atoms with E-state index in [1.54, 1.807) is 0 Å². The van der Waals surface area contributed by atoms with Gasteiger partial charge in [0.2, 0.25) is 0 Å². The molecule has 0 saturated heterocycles. The number of quaternary nitrogens is 1. The van der Waals surface area contributed by atoms with E-state index in [0.29, 0.717) is 12.8 Å². The van der Waals surface area contributed by atoms with Crippen LogP contribution in [0.5, 0.6) is 0 Å². The first-order chi connectivity index (χ1) is 7.68. The lowest BCUT2D eigenvalue weighted by atomic mass is 9.81. The van der Waals surface area contributed by atoms with Gasteiger partial charge in [-0.25, -0.2) is 10.4 Å². The van der Waals surface area contributed by atoms with Crippen LogP contribution in [0.25, 0.3) is 0 Å². The lowest BCUT2D eigenvalue weighted by Gasteiger charge is -2.33. The highest BCUT2D eigenvalue weighted by atomic mass is 16.8. The predicted molar refractivity (Wildman–Crippen MR) is 56.1 cm³/mol. The monoisotopic (exact) mass is 219 g/mol. The van der Waals surface area contributed by atoms with E-state index in [9.17, 15) is 15.2 Å². The molecule has 2 aliphatic carbocycles. The summed E-state index contributed by atoms with van der Waals surface area (Å²) in [6.45, 7) is 0. The Hall–Kier alpha value is -1.23. The predicted octanol–water partition coefficient (Wildman–Crippen LogP) is 0.371. The number of carbonyl (C=O) groups excluding carboxylic acids is 1. The van der Waals surface area contributed by atoms with Gasteiger partial charge in [0.05, 0.1) is 0 Å². The molecule has 0 spiro atoms. The highest BCUT2D eigenvalue weighted by Gasteiger charge is 2.49. The van der Waals surface area contributed by atoms with Gasteiger partial charge in [-0.2, -0.15) is 0 Å². The third-order valence-electron chi connectivity index (χ3n) is 3.84. The van der Waals surface area contributed by atoms with E-state index in [-0.39, 0.29) is 17.6 Å². The molecule has 84 valence electrons. The number of nitrogens with one attached hydrogen (secondary N) is 1. The molecule has 3 atom stereocenters. The summed E-state index contributed by atoms with van der Waals surface area (Å²) in [4.78, 5) is 11.6. The van der Waals surface area contributed by atoms with Crippen LogP contribution in [0, 0.1) is 5.21 Å². The lowest BCUT2D eigenvalue weighted by molar-refractivity contribution is -1.07. The van der Waals surface area contributed by atoms with Crippen molar-refractivity contribution in [3.8, 4) is 0 Å². The summed E-state index contributed by atoms with van der Waals surface area (Å²) < 4.78 is 0. The van der Waals surface area contributed by atoms with Gasteiger partial charge < -0.3 is 5.21 Å². The Morgan fingerprint density at radius 2 is 1.69 bits per heavy atom. The molecule has 16 heavy (non-hydrogen) atoms. The molecule has 0 aromatic heterocycles. The molecule has 1 fully saturated rings. The zero-order valence-corrected chi connectivity index (χ0v) is 8.72. The molecule has 1 aromatic carbocycles. The number of fused-ring (bicyclic) bond motifs is 5. The molecule has 2 bridgehead atoms. The number of benzene rings is 1. The maximum Gasteiger partial charge on any atom is 0.134 e. The zero-order valence-electron chi connectivity index (χ0n) is 8.72. The molecule has 0 radical (unpaired) electrons. The van der Waals surface area contributed by atoms with Gasteiger partial charge >= 0.3 is 0 Å². The Morgan fingerprint density at radius 1 is 1.19 bits per heavy atom. The SMILES string of the molecule is O=C1CC2c3ccccc3C(C1)C2[NH+]([O-])O. The number of hydrogen-bond donors (Lipinski definition) is 2. The Morgan fingerprint density at radius 3 is 2.12 bits per heavy atom. The van der Waals surface area contributed by atoms with Crippen LogP contribution in [-0.2, 0) is 4.79 Å². The zero-order chi connectivity index (χ0) is 11.3. The van der Waals surface area contributed by atoms with Crippen molar-refractivity contribution < 1.29 is 15.2 Å². The van der Waals surface area contributed by atoms with Crippen molar-refractivity contribution in [1.29, 1.82) is 0 Å². The molecule has 1 saturated carbocycles. The second-order valence-corrected chi connectivity index (χ2v) is 4.65. The summed E-state index contributed by atoms with van der Waals surface area (Å²) >= 11 is 0. The fourth-order valence-corrected chi connectivity index (χ4v) is 3.25. The molecule has 2 N–H and O–H groups in total. The first-order valence-electron chi connectivity index (χ1n) is 5.52. The number of rotatable bonds is 1. The van der Waals surface area contributed by atoms with Gasteiger partial charge in [-0.1, -0.05) is 24.3 Å². The van der Waals surface area contributed by atoms with Crippen LogP contribution in [0.4, 0.5) is 0 Å².